The lowest BCUT2D eigenvalue weighted by molar-refractivity contribution is 0.0622. The van der Waals surface area contributed by atoms with Gasteiger partial charge in [-0.05, 0) is 31.9 Å². The number of carbonyl (C=O) groups is 1. The number of amides is 1. The van der Waals surface area contributed by atoms with Crippen molar-refractivity contribution in [1.82, 2.24) is 9.88 Å². The Morgan fingerprint density at radius 2 is 2.11 bits per heavy atom. The summed E-state index contributed by atoms with van der Waals surface area (Å²) in [6.45, 7) is 6.36. The van der Waals surface area contributed by atoms with Crippen molar-refractivity contribution >= 4 is 5.91 Å². The Labute approximate surface area is 109 Å². The maximum Gasteiger partial charge on any atom is 0.254 e. The van der Waals surface area contributed by atoms with Gasteiger partial charge >= 0.3 is 0 Å². The monoisotopic (exact) mass is 250 g/mol. The summed E-state index contributed by atoms with van der Waals surface area (Å²) in [7, 11) is 0. The summed E-state index contributed by atoms with van der Waals surface area (Å²) in [6, 6.07) is 3.69. The minimum Gasteiger partial charge on any atom is -0.395 e. The van der Waals surface area contributed by atoms with Crippen LogP contribution in [0.15, 0.2) is 18.3 Å². The molecule has 18 heavy (non-hydrogen) atoms. The van der Waals surface area contributed by atoms with Crippen LogP contribution in [0.1, 0.15) is 42.7 Å². The first-order valence-electron chi connectivity index (χ1n) is 6.48. The lowest BCUT2D eigenvalue weighted by Gasteiger charge is -2.30. The molecule has 0 aliphatic carbocycles. The summed E-state index contributed by atoms with van der Waals surface area (Å²) in [5.41, 5.74) is 1.47. The Morgan fingerprint density at radius 1 is 1.44 bits per heavy atom. The van der Waals surface area contributed by atoms with Crippen molar-refractivity contribution in [1.29, 1.82) is 0 Å². The van der Waals surface area contributed by atoms with E-state index in [0.29, 0.717) is 12.1 Å². The molecule has 4 heteroatoms. The van der Waals surface area contributed by atoms with Crippen LogP contribution >= 0.6 is 0 Å². The molecule has 1 aromatic rings. The molecule has 0 spiro atoms. The van der Waals surface area contributed by atoms with Gasteiger partial charge < -0.3 is 10.0 Å². The molecular formula is C14H22N2O2. The van der Waals surface area contributed by atoms with E-state index in [1.54, 1.807) is 23.2 Å². The molecule has 0 saturated heterocycles. The topological polar surface area (TPSA) is 53.4 Å². The summed E-state index contributed by atoms with van der Waals surface area (Å²) in [5, 5.41) is 9.12. The molecular weight excluding hydrogens is 228 g/mol. The number of nitrogens with zero attached hydrogens (tertiary/aromatic N) is 2. The maximum absolute atomic E-state index is 12.4. The third-order valence-electron chi connectivity index (χ3n) is 3.13. The summed E-state index contributed by atoms with van der Waals surface area (Å²) >= 11 is 0. The van der Waals surface area contributed by atoms with Gasteiger partial charge in [0.1, 0.15) is 0 Å². The SMILES string of the molecule is CCC(CC)N(CCO)C(=O)c1ccnc(C)c1. The van der Waals surface area contributed by atoms with Crippen LogP contribution < -0.4 is 0 Å². The highest BCUT2D eigenvalue weighted by atomic mass is 16.3. The number of aliphatic hydroxyl groups excluding tert-OH is 1. The van der Waals surface area contributed by atoms with Crippen LogP contribution in [0.3, 0.4) is 0 Å². The van der Waals surface area contributed by atoms with Crippen LogP contribution in [0.5, 0.6) is 0 Å². The van der Waals surface area contributed by atoms with Crippen molar-refractivity contribution in [2.45, 2.75) is 39.7 Å². The second-order valence-corrected chi connectivity index (χ2v) is 4.38. The minimum absolute atomic E-state index is 0.00763. The van der Waals surface area contributed by atoms with E-state index >= 15 is 0 Å². The third-order valence-corrected chi connectivity index (χ3v) is 3.13. The summed E-state index contributed by atoms with van der Waals surface area (Å²) < 4.78 is 0. The molecule has 0 aliphatic rings. The number of carbonyl (C=O) groups excluding carboxylic acids is 1. The smallest absolute Gasteiger partial charge is 0.254 e. The molecule has 0 aliphatic heterocycles. The molecule has 100 valence electrons. The summed E-state index contributed by atoms with van der Waals surface area (Å²) in [6.07, 6.45) is 3.44. The molecule has 0 saturated carbocycles. The molecule has 0 aromatic carbocycles. The fraction of sp³-hybridized carbons (Fsp3) is 0.571. The molecule has 0 bridgehead atoms. The Balaban J connectivity index is 2.95. The van der Waals surface area contributed by atoms with Crippen LogP contribution in [0.25, 0.3) is 0 Å². The Morgan fingerprint density at radius 3 is 2.61 bits per heavy atom. The van der Waals surface area contributed by atoms with E-state index in [-0.39, 0.29) is 18.6 Å². The van der Waals surface area contributed by atoms with E-state index in [0.717, 1.165) is 18.5 Å². The van der Waals surface area contributed by atoms with Gasteiger partial charge in [0, 0.05) is 30.0 Å². The highest BCUT2D eigenvalue weighted by Crippen LogP contribution is 2.13. The van der Waals surface area contributed by atoms with Crippen LogP contribution in [-0.4, -0.2) is 40.1 Å². The number of pyridine rings is 1. The quantitative estimate of drug-likeness (QED) is 0.840. The first-order valence-corrected chi connectivity index (χ1v) is 6.48. The van der Waals surface area contributed by atoms with Gasteiger partial charge in [0.15, 0.2) is 0 Å². The van der Waals surface area contributed by atoms with Gasteiger partial charge in [-0.1, -0.05) is 13.8 Å². The maximum atomic E-state index is 12.4. The number of hydrogen-bond acceptors (Lipinski definition) is 3. The van der Waals surface area contributed by atoms with Gasteiger partial charge in [-0.3, -0.25) is 9.78 Å². The molecule has 0 unspecified atom stereocenters. The lowest BCUT2D eigenvalue weighted by Crippen LogP contribution is -2.41. The number of hydrogen-bond donors (Lipinski definition) is 1. The minimum atomic E-state index is -0.0248. The largest absolute Gasteiger partial charge is 0.395 e. The average Bonchev–Trinajstić information content (AvgIpc) is 2.38. The zero-order valence-corrected chi connectivity index (χ0v) is 11.4. The molecule has 0 atom stereocenters. The van der Waals surface area contributed by atoms with Crippen molar-refractivity contribution in [3.63, 3.8) is 0 Å². The van der Waals surface area contributed by atoms with Gasteiger partial charge in [0.05, 0.1) is 6.61 Å². The highest BCUT2D eigenvalue weighted by molar-refractivity contribution is 5.94. The zero-order valence-electron chi connectivity index (χ0n) is 11.4. The highest BCUT2D eigenvalue weighted by Gasteiger charge is 2.21. The third kappa shape index (κ3) is 3.53. The second-order valence-electron chi connectivity index (χ2n) is 4.38. The fourth-order valence-electron chi connectivity index (χ4n) is 2.13. The molecule has 4 nitrogen and oxygen atoms in total. The molecule has 0 radical (unpaired) electrons. The standard InChI is InChI=1S/C14H22N2O2/c1-4-13(5-2)16(8-9-17)14(18)12-6-7-15-11(3)10-12/h6-7,10,13,17H,4-5,8-9H2,1-3H3. The molecule has 1 rings (SSSR count). The van der Waals surface area contributed by atoms with E-state index < -0.39 is 0 Å². The normalized spacial score (nSPS) is 10.7. The van der Waals surface area contributed by atoms with Crippen molar-refractivity contribution in [2.75, 3.05) is 13.2 Å². The number of aliphatic hydroxyl groups is 1. The van der Waals surface area contributed by atoms with Gasteiger partial charge in [-0.15, -0.1) is 0 Å². The lowest BCUT2D eigenvalue weighted by atomic mass is 10.1. The van der Waals surface area contributed by atoms with Gasteiger partial charge in [0.25, 0.3) is 5.91 Å². The predicted molar refractivity (Wildman–Crippen MR) is 71.5 cm³/mol. The van der Waals surface area contributed by atoms with Crippen molar-refractivity contribution in [2.24, 2.45) is 0 Å². The van der Waals surface area contributed by atoms with E-state index in [4.69, 9.17) is 5.11 Å². The van der Waals surface area contributed by atoms with Gasteiger partial charge in [0.2, 0.25) is 0 Å². The fourth-order valence-corrected chi connectivity index (χ4v) is 2.13. The van der Waals surface area contributed by atoms with Crippen LogP contribution in [0.2, 0.25) is 0 Å². The van der Waals surface area contributed by atoms with Crippen molar-refractivity contribution in [3.05, 3.63) is 29.6 Å². The van der Waals surface area contributed by atoms with Crippen LogP contribution in [-0.2, 0) is 0 Å². The first-order chi connectivity index (χ1) is 8.63. The first kappa shape index (κ1) is 14.6. The van der Waals surface area contributed by atoms with Crippen LogP contribution in [0, 0.1) is 6.92 Å². The van der Waals surface area contributed by atoms with Crippen molar-refractivity contribution in [3.8, 4) is 0 Å². The predicted octanol–water partition coefficient (Wildman–Crippen LogP) is 2.01. The molecule has 1 amide bonds. The summed E-state index contributed by atoms with van der Waals surface area (Å²) in [4.78, 5) is 18.3. The zero-order chi connectivity index (χ0) is 13.5. The number of aryl methyl sites for hydroxylation is 1. The van der Waals surface area contributed by atoms with Crippen LogP contribution in [0.4, 0.5) is 0 Å². The Bertz CT molecular complexity index is 389. The van der Waals surface area contributed by atoms with E-state index in [1.807, 2.05) is 6.92 Å². The summed E-state index contributed by atoms with van der Waals surface area (Å²) in [5.74, 6) is -0.0248. The number of aromatic nitrogens is 1. The van der Waals surface area contributed by atoms with E-state index in [2.05, 4.69) is 18.8 Å². The average molecular weight is 250 g/mol. The van der Waals surface area contributed by atoms with E-state index in [9.17, 15) is 4.79 Å². The molecule has 1 aromatic heterocycles. The van der Waals surface area contributed by atoms with Crippen molar-refractivity contribution < 1.29 is 9.90 Å². The Kier molecular flexibility index (Phi) is 5.78. The number of rotatable bonds is 6. The van der Waals surface area contributed by atoms with Gasteiger partial charge in [-0.25, -0.2) is 0 Å². The van der Waals surface area contributed by atoms with E-state index in [1.165, 1.54) is 0 Å². The molecule has 0 fully saturated rings. The molecule has 1 heterocycles. The van der Waals surface area contributed by atoms with Gasteiger partial charge in [-0.2, -0.15) is 0 Å². The molecule has 1 N–H and O–H groups in total. The second kappa shape index (κ2) is 7.11. The Hall–Kier alpha value is -1.42.